The van der Waals surface area contributed by atoms with Gasteiger partial charge in [-0.15, -0.1) is 0 Å². The highest BCUT2D eigenvalue weighted by Crippen LogP contribution is 2.28. The monoisotopic (exact) mass is 275 g/mol. The van der Waals surface area contributed by atoms with E-state index in [2.05, 4.69) is 10.3 Å². The van der Waals surface area contributed by atoms with Gasteiger partial charge in [0.25, 0.3) is 5.91 Å². The Kier molecular flexibility index (Phi) is 3.84. The standard InChI is InChI=1S/C14H14FN3O2/c1-8-11(5-6-18-13(8)14(19)17-2)20-12-4-3-9(16)7-10(12)15/h3-7H,16H2,1-2H3,(H,17,19). The molecule has 0 aliphatic carbocycles. The van der Waals surface area contributed by atoms with Crippen LogP contribution in [0.3, 0.4) is 0 Å². The van der Waals surface area contributed by atoms with Crippen LogP contribution in [0.1, 0.15) is 16.1 Å². The molecule has 1 heterocycles. The number of halogens is 1. The fourth-order valence-electron chi connectivity index (χ4n) is 1.69. The topological polar surface area (TPSA) is 77.2 Å². The largest absolute Gasteiger partial charge is 0.454 e. The summed E-state index contributed by atoms with van der Waals surface area (Å²) in [5, 5.41) is 2.48. The molecule has 2 rings (SSSR count). The number of anilines is 1. The van der Waals surface area contributed by atoms with Crippen molar-refractivity contribution in [1.82, 2.24) is 10.3 Å². The minimum Gasteiger partial charge on any atom is -0.454 e. The van der Waals surface area contributed by atoms with E-state index in [0.717, 1.165) is 0 Å². The van der Waals surface area contributed by atoms with Crippen molar-refractivity contribution in [2.24, 2.45) is 0 Å². The highest BCUT2D eigenvalue weighted by molar-refractivity contribution is 5.94. The summed E-state index contributed by atoms with van der Waals surface area (Å²) in [5.74, 6) is -0.493. The van der Waals surface area contributed by atoms with Crippen molar-refractivity contribution in [2.75, 3.05) is 12.8 Å². The minimum absolute atomic E-state index is 0.0383. The van der Waals surface area contributed by atoms with Crippen molar-refractivity contribution in [3.8, 4) is 11.5 Å². The molecule has 0 spiro atoms. The number of hydrogen-bond acceptors (Lipinski definition) is 4. The first-order valence-corrected chi connectivity index (χ1v) is 5.93. The Morgan fingerprint density at radius 1 is 1.35 bits per heavy atom. The number of nitrogens with two attached hydrogens (primary N) is 1. The lowest BCUT2D eigenvalue weighted by Crippen LogP contribution is -2.20. The van der Waals surface area contributed by atoms with Gasteiger partial charge in [0.1, 0.15) is 11.4 Å². The molecule has 6 heteroatoms. The highest BCUT2D eigenvalue weighted by Gasteiger charge is 2.14. The maximum Gasteiger partial charge on any atom is 0.270 e. The zero-order chi connectivity index (χ0) is 14.7. The third-order valence-corrected chi connectivity index (χ3v) is 2.77. The number of nitrogens with one attached hydrogen (secondary N) is 1. The van der Waals surface area contributed by atoms with Gasteiger partial charge in [0.15, 0.2) is 11.6 Å². The zero-order valence-electron chi connectivity index (χ0n) is 11.1. The van der Waals surface area contributed by atoms with Crippen LogP contribution < -0.4 is 15.8 Å². The first kappa shape index (κ1) is 13.8. The molecule has 1 amide bonds. The van der Waals surface area contributed by atoms with E-state index in [1.54, 1.807) is 13.0 Å². The average molecular weight is 275 g/mol. The summed E-state index contributed by atoms with van der Waals surface area (Å²) in [6.45, 7) is 1.68. The van der Waals surface area contributed by atoms with Gasteiger partial charge >= 0.3 is 0 Å². The summed E-state index contributed by atoms with van der Waals surface area (Å²) in [6, 6.07) is 5.71. The van der Waals surface area contributed by atoms with E-state index in [1.165, 1.54) is 31.4 Å². The molecule has 0 bridgehead atoms. The van der Waals surface area contributed by atoms with Gasteiger partial charge in [-0.05, 0) is 25.1 Å². The maximum absolute atomic E-state index is 13.7. The predicted molar refractivity (Wildman–Crippen MR) is 73.3 cm³/mol. The highest BCUT2D eigenvalue weighted by atomic mass is 19.1. The van der Waals surface area contributed by atoms with E-state index in [9.17, 15) is 9.18 Å². The number of nitrogens with zero attached hydrogens (tertiary/aromatic N) is 1. The van der Waals surface area contributed by atoms with Crippen molar-refractivity contribution in [2.45, 2.75) is 6.92 Å². The van der Waals surface area contributed by atoms with Crippen LogP contribution in [0.2, 0.25) is 0 Å². The molecule has 0 saturated heterocycles. The first-order chi connectivity index (χ1) is 9.52. The molecule has 0 fully saturated rings. The van der Waals surface area contributed by atoms with E-state index in [4.69, 9.17) is 10.5 Å². The molecule has 0 saturated carbocycles. The molecule has 3 N–H and O–H groups in total. The fourth-order valence-corrected chi connectivity index (χ4v) is 1.69. The van der Waals surface area contributed by atoms with E-state index < -0.39 is 5.82 Å². The number of pyridine rings is 1. The summed E-state index contributed by atoms with van der Waals surface area (Å²) in [6.07, 6.45) is 1.43. The van der Waals surface area contributed by atoms with E-state index in [-0.39, 0.29) is 17.4 Å². The molecule has 0 unspecified atom stereocenters. The summed E-state index contributed by atoms with van der Waals surface area (Å²) < 4.78 is 19.2. The number of amides is 1. The van der Waals surface area contributed by atoms with E-state index >= 15 is 0 Å². The van der Waals surface area contributed by atoms with Gasteiger partial charge in [-0.25, -0.2) is 4.39 Å². The third kappa shape index (κ3) is 2.69. The lowest BCUT2D eigenvalue weighted by atomic mass is 10.2. The molecule has 0 atom stereocenters. The van der Waals surface area contributed by atoms with Crippen LogP contribution in [0.4, 0.5) is 10.1 Å². The lowest BCUT2D eigenvalue weighted by Gasteiger charge is -2.11. The number of rotatable bonds is 3. The second-order valence-corrected chi connectivity index (χ2v) is 4.15. The van der Waals surface area contributed by atoms with Crippen LogP contribution in [0.5, 0.6) is 11.5 Å². The molecule has 104 valence electrons. The number of carbonyl (C=O) groups excluding carboxylic acids is 1. The van der Waals surface area contributed by atoms with Crippen LogP contribution in [0.25, 0.3) is 0 Å². The van der Waals surface area contributed by atoms with Crippen molar-refractivity contribution < 1.29 is 13.9 Å². The van der Waals surface area contributed by atoms with Gasteiger partial charge in [-0.2, -0.15) is 0 Å². The molecule has 1 aromatic heterocycles. The van der Waals surface area contributed by atoms with Gasteiger partial charge in [-0.1, -0.05) is 0 Å². The first-order valence-electron chi connectivity index (χ1n) is 5.93. The number of carbonyl (C=O) groups is 1. The SMILES string of the molecule is CNC(=O)c1nccc(Oc2ccc(N)cc2F)c1C. The van der Waals surface area contributed by atoms with Gasteiger partial charge in [-0.3, -0.25) is 9.78 Å². The molecule has 0 aliphatic heterocycles. The van der Waals surface area contributed by atoms with Crippen LogP contribution in [-0.4, -0.2) is 17.9 Å². The predicted octanol–water partition coefficient (Wildman–Crippen LogP) is 2.26. The molecule has 0 radical (unpaired) electrons. The molecule has 0 aliphatic rings. The molecular weight excluding hydrogens is 261 g/mol. The number of aromatic nitrogens is 1. The van der Waals surface area contributed by atoms with Crippen LogP contribution in [0, 0.1) is 12.7 Å². The second-order valence-electron chi connectivity index (χ2n) is 4.15. The number of ether oxygens (including phenoxy) is 1. The van der Waals surface area contributed by atoms with Gasteiger partial charge < -0.3 is 15.8 Å². The van der Waals surface area contributed by atoms with Crippen molar-refractivity contribution in [1.29, 1.82) is 0 Å². The Labute approximate surface area is 115 Å². The fraction of sp³-hybridized carbons (Fsp3) is 0.143. The number of benzene rings is 1. The Morgan fingerprint density at radius 2 is 2.10 bits per heavy atom. The van der Waals surface area contributed by atoms with Crippen LogP contribution in [0.15, 0.2) is 30.5 Å². The van der Waals surface area contributed by atoms with Crippen molar-refractivity contribution >= 4 is 11.6 Å². The Balaban J connectivity index is 2.37. The van der Waals surface area contributed by atoms with E-state index in [0.29, 0.717) is 17.0 Å². The van der Waals surface area contributed by atoms with Gasteiger partial charge in [0, 0.05) is 30.6 Å². The maximum atomic E-state index is 13.7. The third-order valence-electron chi connectivity index (χ3n) is 2.77. The Hall–Kier alpha value is -2.63. The van der Waals surface area contributed by atoms with Crippen molar-refractivity contribution in [3.63, 3.8) is 0 Å². The minimum atomic E-state index is -0.567. The number of hydrogen-bond donors (Lipinski definition) is 2. The van der Waals surface area contributed by atoms with Crippen LogP contribution >= 0.6 is 0 Å². The average Bonchev–Trinajstić information content (AvgIpc) is 2.43. The normalized spacial score (nSPS) is 10.2. The summed E-state index contributed by atoms with van der Waals surface area (Å²) >= 11 is 0. The quantitative estimate of drug-likeness (QED) is 0.842. The zero-order valence-corrected chi connectivity index (χ0v) is 11.1. The summed E-state index contributed by atoms with van der Waals surface area (Å²) in [7, 11) is 1.51. The summed E-state index contributed by atoms with van der Waals surface area (Å²) in [4.78, 5) is 15.6. The molecule has 5 nitrogen and oxygen atoms in total. The lowest BCUT2D eigenvalue weighted by molar-refractivity contribution is 0.0957. The smallest absolute Gasteiger partial charge is 0.270 e. The molecule has 2 aromatic rings. The molecule has 1 aromatic carbocycles. The van der Waals surface area contributed by atoms with Crippen LogP contribution in [-0.2, 0) is 0 Å². The molecular formula is C14H14FN3O2. The van der Waals surface area contributed by atoms with Gasteiger partial charge in [0.05, 0.1) is 0 Å². The second kappa shape index (κ2) is 5.56. The van der Waals surface area contributed by atoms with Crippen molar-refractivity contribution in [3.05, 3.63) is 47.5 Å². The van der Waals surface area contributed by atoms with Gasteiger partial charge in [0.2, 0.25) is 0 Å². The molecule has 20 heavy (non-hydrogen) atoms. The Morgan fingerprint density at radius 3 is 2.75 bits per heavy atom. The number of nitrogen functional groups attached to an aromatic ring is 1. The summed E-state index contributed by atoms with van der Waals surface area (Å²) in [5.41, 5.74) is 6.55. The Bertz CT molecular complexity index is 659. The van der Waals surface area contributed by atoms with E-state index in [1.807, 2.05) is 0 Å².